The number of hydrogen-bond donors (Lipinski definition) is 0. The fourth-order valence-electron chi connectivity index (χ4n) is 1.84. The average Bonchev–Trinajstić information content (AvgIpc) is 2.97. The van der Waals surface area contributed by atoms with Gasteiger partial charge in [-0.05, 0) is 23.4 Å². The zero-order valence-electron chi connectivity index (χ0n) is 11.2. The summed E-state index contributed by atoms with van der Waals surface area (Å²) in [6.07, 6.45) is 0. The first-order valence-corrected chi connectivity index (χ1v) is 7.32. The third kappa shape index (κ3) is 3.66. The number of rotatable bonds is 5. The van der Waals surface area contributed by atoms with Crippen LogP contribution in [0.3, 0.4) is 0 Å². The predicted octanol–water partition coefficient (Wildman–Crippen LogP) is 3.18. The van der Waals surface area contributed by atoms with Gasteiger partial charge in [0.25, 0.3) is 0 Å². The van der Waals surface area contributed by atoms with Gasteiger partial charge in [0.2, 0.25) is 5.82 Å². The van der Waals surface area contributed by atoms with Crippen LogP contribution in [0, 0.1) is 0 Å². The van der Waals surface area contributed by atoms with E-state index in [9.17, 15) is 0 Å². The molecule has 0 N–H and O–H groups in total. The Morgan fingerprint density at radius 1 is 1.05 bits per heavy atom. The average molecular weight is 345 g/mol. The van der Waals surface area contributed by atoms with Gasteiger partial charge in [-0.3, -0.25) is 0 Å². The predicted molar refractivity (Wildman–Crippen MR) is 82.9 cm³/mol. The molecule has 5 nitrogen and oxygen atoms in total. The summed E-state index contributed by atoms with van der Waals surface area (Å²) in [5.41, 5.74) is 0.955. The molecule has 1 heterocycles. The number of halogens is 1. The van der Waals surface area contributed by atoms with E-state index in [-0.39, 0.29) is 0 Å². The maximum Gasteiger partial charge on any atom is 0.204 e. The fraction of sp³-hybridized carbons (Fsp3) is 0.133. The van der Waals surface area contributed by atoms with E-state index in [1.807, 2.05) is 54.6 Å². The first kappa shape index (κ1) is 13.8. The van der Waals surface area contributed by atoms with E-state index < -0.39 is 0 Å². The third-order valence-corrected chi connectivity index (χ3v) is 3.33. The molecule has 2 aromatic carbocycles. The maximum atomic E-state index is 5.65. The summed E-state index contributed by atoms with van der Waals surface area (Å²) in [6.45, 7) is 1.04. The molecule has 0 saturated heterocycles. The molecule has 0 atom stereocenters. The van der Waals surface area contributed by atoms with Crippen LogP contribution < -0.4 is 4.74 Å². The maximum absolute atomic E-state index is 5.65. The van der Waals surface area contributed by atoms with Gasteiger partial charge in [0, 0.05) is 10.0 Å². The van der Waals surface area contributed by atoms with Crippen molar-refractivity contribution >= 4 is 15.9 Å². The van der Waals surface area contributed by atoms with Crippen molar-refractivity contribution in [3.8, 4) is 17.1 Å². The van der Waals surface area contributed by atoms with Crippen LogP contribution in [-0.2, 0) is 6.54 Å². The Labute approximate surface area is 130 Å². The van der Waals surface area contributed by atoms with Gasteiger partial charge in [-0.1, -0.05) is 52.3 Å². The second kappa shape index (κ2) is 6.49. The summed E-state index contributed by atoms with van der Waals surface area (Å²) in [4.78, 5) is 1.54. The van der Waals surface area contributed by atoms with E-state index in [4.69, 9.17) is 4.74 Å². The Bertz CT molecular complexity index is 714. The molecule has 0 bridgehead atoms. The molecule has 3 rings (SSSR count). The molecule has 0 radical (unpaired) electrons. The van der Waals surface area contributed by atoms with E-state index in [0.717, 1.165) is 15.8 Å². The van der Waals surface area contributed by atoms with Gasteiger partial charge in [0.05, 0.1) is 6.54 Å². The number of benzene rings is 2. The Balaban J connectivity index is 1.58. The molecule has 1 aromatic heterocycles. The lowest BCUT2D eigenvalue weighted by atomic mass is 10.2. The molecule has 0 fully saturated rings. The van der Waals surface area contributed by atoms with Crippen LogP contribution >= 0.6 is 15.9 Å². The number of hydrogen-bond acceptors (Lipinski definition) is 4. The van der Waals surface area contributed by atoms with Crippen LogP contribution in [0.5, 0.6) is 5.75 Å². The number of ether oxygens (including phenoxy) is 1. The van der Waals surface area contributed by atoms with Crippen LogP contribution in [-0.4, -0.2) is 26.8 Å². The van der Waals surface area contributed by atoms with Crippen LogP contribution in [0.25, 0.3) is 11.4 Å². The van der Waals surface area contributed by atoms with Gasteiger partial charge in [-0.2, -0.15) is 4.80 Å². The molecular formula is C15H13BrN4O. The molecular weight excluding hydrogens is 332 g/mol. The molecule has 0 amide bonds. The largest absolute Gasteiger partial charge is 0.492 e. The van der Waals surface area contributed by atoms with Gasteiger partial charge in [0.1, 0.15) is 12.4 Å². The molecule has 6 heteroatoms. The summed E-state index contributed by atoms with van der Waals surface area (Å²) in [7, 11) is 0. The molecule has 0 aliphatic rings. The standard InChI is InChI=1S/C15H13BrN4O/c16-13-7-4-8-14(11-13)21-10-9-20-18-15(17-19-20)12-5-2-1-3-6-12/h1-8,11H,9-10H2. The molecule has 0 unspecified atom stereocenters. The lowest BCUT2D eigenvalue weighted by Crippen LogP contribution is -2.11. The minimum absolute atomic E-state index is 0.487. The van der Waals surface area contributed by atoms with Gasteiger partial charge in [-0.25, -0.2) is 0 Å². The normalized spacial score (nSPS) is 10.5. The molecule has 0 spiro atoms. The number of aromatic nitrogens is 4. The number of nitrogens with zero attached hydrogens (tertiary/aromatic N) is 4. The van der Waals surface area contributed by atoms with Crippen LogP contribution in [0.4, 0.5) is 0 Å². The highest BCUT2D eigenvalue weighted by Gasteiger charge is 2.05. The second-order valence-corrected chi connectivity index (χ2v) is 5.30. The van der Waals surface area contributed by atoms with Gasteiger partial charge >= 0.3 is 0 Å². The zero-order chi connectivity index (χ0) is 14.5. The first-order chi connectivity index (χ1) is 10.3. The Hall–Kier alpha value is -2.21. The summed E-state index contributed by atoms with van der Waals surface area (Å²) in [5, 5.41) is 12.4. The quantitative estimate of drug-likeness (QED) is 0.713. The minimum Gasteiger partial charge on any atom is -0.492 e. The fourth-order valence-corrected chi connectivity index (χ4v) is 2.22. The van der Waals surface area contributed by atoms with Crippen molar-refractivity contribution in [3.05, 3.63) is 59.1 Å². The number of tetrazole rings is 1. The molecule has 106 valence electrons. The first-order valence-electron chi connectivity index (χ1n) is 6.53. The van der Waals surface area contributed by atoms with Crippen molar-refractivity contribution in [1.82, 2.24) is 20.2 Å². The SMILES string of the molecule is Brc1cccc(OCCn2nnc(-c3ccccc3)n2)c1. The van der Waals surface area contributed by atoms with Crippen LogP contribution in [0.1, 0.15) is 0 Å². The van der Waals surface area contributed by atoms with Crippen molar-refractivity contribution in [2.24, 2.45) is 0 Å². The summed E-state index contributed by atoms with van der Waals surface area (Å²) in [5.74, 6) is 1.44. The van der Waals surface area contributed by atoms with E-state index in [1.54, 1.807) is 4.80 Å². The van der Waals surface area contributed by atoms with Crippen molar-refractivity contribution in [2.75, 3.05) is 6.61 Å². The molecule has 3 aromatic rings. The van der Waals surface area contributed by atoms with E-state index in [1.165, 1.54) is 0 Å². The highest BCUT2D eigenvalue weighted by molar-refractivity contribution is 9.10. The summed E-state index contributed by atoms with van der Waals surface area (Å²) < 4.78 is 6.64. The van der Waals surface area contributed by atoms with Crippen LogP contribution in [0.2, 0.25) is 0 Å². The zero-order valence-corrected chi connectivity index (χ0v) is 12.8. The Morgan fingerprint density at radius 3 is 2.71 bits per heavy atom. The van der Waals surface area contributed by atoms with Gasteiger partial charge in [0.15, 0.2) is 0 Å². The Kier molecular flexibility index (Phi) is 4.25. The second-order valence-electron chi connectivity index (χ2n) is 4.38. The van der Waals surface area contributed by atoms with E-state index in [0.29, 0.717) is 19.0 Å². The smallest absolute Gasteiger partial charge is 0.204 e. The van der Waals surface area contributed by atoms with E-state index >= 15 is 0 Å². The van der Waals surface area contributed by atoms with Gasteiger partial charge in [-0.15, -0.1) is 10.2 Å². The summed E-state index contributed by atoms with van der Waals surface area (Å²) >= 11 is 3.41. The topological polar surface area (TPSA) is 52.8 Å². The monoisotopic (exact) mass is 344 g/mol. The highest BCUT2D eigenvalue weighted by atomic mass is 79.9. The lowest BCUT2D eigenvalue weighted by Gasteiger charge is -2.05. The van der Waals surface area contributed by atoms with E-state index in [2.05, 4.69) is 31.3 Å². The Morgan fingerprint density at radius 2 is 1.90 bits per heavy atom. The van der Waals surface area contributed by atoms with Crippen molar-refractivity contribution < 1.29 is 4.74 Å². The van der Waals surface area contributed by atoms with Crippen molar-refractivity contribution in [1.29, 1.82) is 0 Å². The minimum atomic E-state index is 0.487. The molecule has 0 saturated carbocycles. The molecule has 21 heavy (non-hydrogen) atoms. The molecule has 0 aliphatic heterocycles. The summed E-state index contributed by atoms with van der Waals surface area (Å²) in [6, 6.07) is 17.5. The third-order valence-electron chi connectivity index (χ3n) is 2.84. The van der Waals surface area contributed by atoms with Crippen molar-refractivity contribution in [2.45, 2.75) is 6.54 Å². The lowest BCUT2D eigenvalue weighted by molar-refractivity contribution is 0.280. The van der Waals surface area contributed by atoms with Crippen LogP contribution in [0.15, 0.2) is 59.1 Å². The molecule has 0 aliphatic carbocycles. The highest BCUT2D eigenvalue weighted by Crippen LogP contribution is 2.17. The van der Waals surface area contributed by atoms with Gasteiger partial charge < -0.3 is 4.74 Å². The van der Waals surface area contributed by atoms with Crippen molar-refractivity contribution in [3.63, 3.8) is 0 Å².